The van der Waals surface area contributed by atoms with Crippen LogP contribution in [0.25, 0.3) is 0 Å². The SMILES string of the molecule is C#Cc1cc(CN)cc(OS(=O)(=O)F)c1. The number of halogens is 1. The summed E-state index contributed by atoms with van der Waals surface area (Å²) in [6.45, 7) is 0.151. The molecule has 0 aliphatic carbocycles. The molecule has 6 heteroatoms. The summed E-state index contributed by atoms with van der Waals surface area (Å²) in [6, 6.07) is 4.12. The normalized spacial score (nSPS) is 10.7. The number of benzene rings is 1. The first kappa shape index (κ1) is 11.5. The van der Waals surface area contributed by atoms with Crippen LogP contribution >= 0.6 is 0 Å². The van der Waals surface area contributed by atoms with Crippen LogP contribution in [0.1, 0.15) is 11.1 Å². The minimum atomic E-state index is -5.04. The summed E-state index contributed by atoms with van der Waals surface area (Å²) in [5, 5.41) is 0. The molecule has 1 aromatic rings. The van der Waals surface area contributed by atoms with Crippen molar-refractivity contribution >= 4 is 10.5 Å². The number of hydrogen-bond donors (Lipinski definition) is 1. The first-order valence-electron chi connectivity index (χ1n) is 3.89. The lowest BCUT2D eigenvalue weighted by atomic mass is 10.1. The number of terminal acetylenes is 1. The smallest absolute Gasteiger partial charge is 0.358 e. The van der Waals surface area contributed by atoms with Crippen LogP contribution in [0.4, 0.5) is 3.89 Å². The monoisotopic (exact) mass is 229 g/mol. The second kappa shape index (κ2) is 4.29. The molecule has 0 radical (unpaired) electrons. The van der Waals surface area contributed by atoms with Gasteiger partial charge in [-0.1, -0.05) is 9.81 Å². The van der Waals surface area contributed by atoms with E-state index in [1.54, 1.807) is 6.07 Å². The molecular formula is C9H8FNO3S. The first-order chi connectivity index (χ1) is 6.94. The molecule has 0 amide bonds. The molecule has 0 heterocycles. The maximum absolute atomic E-state index is 12.2. The van der Waals surface area contributed by atoms with E-state index in [1.165, 1.54) is 12.1 Å². The molecule has 1 aromatic carbocycles. The van der Waals surface area contributed by atoms with Gasteiger partial charge in [0.25, 0.3) is 0 Å². The van der Waals surface area contributed by atoms with Crippen molar-refractivity contribution in [3.05, 3.63) is 29.3 Å². The van der Waals surface area contributed by atoms with E-state index in [4.69, 9.17) is 12.2 Å². The Morgan fingerprint density at radius 1 is 1.47 bits per heavy atom. The third-order valence-electron chi connectivity index (χ3n) is 1.56. The van der Waals surface area contributed by atoms with Crippen LogP contribution in [0.15, 0.2) is 18.2 Å². The zero-order valence-corrected chi connectivity index (χ0v) is 8.42. The van der Waals surface area contributed by atoms with E-state index in [-0.39, 0.29) is 12.3 Å². The van der Waals surface area contributed by atoms with Gasteiger partial charge in [0.2, 0.25) is 0 Å². The van der Waals surface area contributed by atoms with Gasteiger partial charge in [0.1, 0.15) is 5.75 Å². The molecule has 0 aliphatic heterocycles. The zero-order valence-electron chi connectivity index (χ0n) is 7.60. The Morgan fingerprint density at radius 2 is 2.13 bits per heavy atom. The molecule has 0 saturated heterocycles. The second-order valence-electron chi connectivity index (χ2n) is 2.69. The van der Waals surface area contributed by atoms with Crippen molar-refractivity contribution in [3.8, 4) is 18.1 Å². The van der Waals surface area contributed by atoms with Crippen LogP contribution in [0.5, 0.6) is 5.75 Å². The fourth-order valence-corrected chi connectivity index (χ4v) is 1.35. The average Bonchev–Trinajstić information content (AvgIpc) is 2.14. The van der Waals surface area contributed by atoms with Crippen LogP contribution in [0.3, 0.4) is 0 Å². The van der Waals surface area contributed by atoms with E-state index >= 15 is 0 Å². The van der Waals surface area contributed by atoms with Gasteiger partial charge in [0, 0.05) is 12.1 Å². The topological polar surface area (TPSA) is 69.4 Å². The van der Waals surface area contributed by atoms with Gasteiger partial charge in [0.15, 0.2) is 0 Å². The second-order valence-corrected chi connectivity index (χ2v) is 3.64. The summed E-state index contributed by atoms with van der Waals surface area (Å²) in [5.74, 6) is 2.09. The Hall–Kier alpha value is -1.58. The van der Waals surface area contributed by atoms with Crippen LogP contribution in [0, 0.1) is 12.3 Å². The standard InChI is InChI=1S/C9H8FNO3S/c1-2-7-3-8(6-11)5-9(4-7)14-15(10,12)13/h1,3-5H,6,11H2. The molecule has 2 N–H and O–H groups in total. The van der Waals surface area contributed by atoms with E-state index in [0.29, 0.717) is 11.1 Å². The summed E-state index contributed by atoms with van der Waals surface area (Å²) in [6.07, 6.45) is 5.12. The molecule has 80 valence electrons. The first-order valence-corrected chi connectivity index (χ1v) is 5.20. The summed E-state index contributed by atoms with van der Waals surface area (Å²) >= 11 is 0. The highest BCUT2D eigenvalue weighted by molar-refractivity contribution is 7.81. The molecular weight excluding hydrogens is 221 g/mol. The molecule has 0 unspecified atom stereocenters. The van der Waals surface area contributed by atoms with E-state index in [0.717, 1.165) is 0 Å². The summed E-state index contributed by atoms with van der Waals surface area (Å²) in [4.78, 5) is 0. The number of hydrogen-bond acceptors (Lipinski definition) is 4. The van der Waals surface area contributed by atoms with Gasteiger partial charge in [-0.25, -0.2) is 0 Å². The van der Waals surface area contributed by atoms with Crippen LogP contribution in [0.2, 0.25) is 0 Å². The molecule has 0 bridgehead atoms. The molecule has 0 fully saturated rings. The average molecular weight is 229 g/mol. The van der Waals surface area contributed by atoms with Crippen LogP contribution in [-0.4, -0.2) is 8.42 Å². The maximum Gasteiger partial charge on any atom is 0.488 e. The predicted molar refractivity (Wildman–Crippen MR) is 52.9 cm³/mol. The highest BCUT2D eigenvalue weighted by Gasteiger charge is 2.10. The summed E-state index contributed by atoms with van der Waals surface area (Å²) in [5.41, 5.74) is 6.27. The van der Waals surface area contributed by atoms with E-state index in [9.17, 15) is 12.3 Å². The molecule has 4 nitrogen and oxygen atoms in total. The Bertz CT molecular complexity index is 505. The van der Waals surface area contributed by atoms with Gasteiger partial charge in [-0.3, -0.25) is 0 Å². The molecule has 1 rings (SSSR count). The molecule has 0 spiro atoms. The highest BCUT2D eigenvalue weighted by atomic mass is 32.3. The van der Waals surface area contributed by atoms with E-state index in [2.05, 4.69) is 10.1 Å². The number of nitrogens with two attached hydrogens (primary N) is 1. The van der Waals surface area contributed by atoms with Gasteiger partial charge >= 0.3 is 10.5 Å². The largest absolute Gasteiger partial charge is 0.488 e. The Labute approximate surface area is 87.3 Å². The van der Waals surface area contributed by atoms with Gasteiger partial charge in [-0.15, -0.1) is 6.42 Å². The van der Waals surface area contributed by atoms with Gasteiger partial charge < -0.3 is 9.92 Å². The van der Waals surface area contributed by atoms with Crippen molar-refractivity contribution in [1.29, 1.82) is 0 Å². The molecule has 0 saturated carbocycles. The van der Waals surface area contributed by atoms with Crippen molar-refractivity contribution < 1.29 is 16.5 Å². The molecule has 15 heavy (non-hydrogen) atoms. The van der Waals surface area contributed by atoms with Crippen LogP contribution in [-0.2, 0) is 17.0 Å². The Kier molecular flexibility index (Phi) is 3.29. The van der Waals surface area contributed by atoms with Gasteiger partial charge in [-0.05, 0) is 23.8 Å². The minimum absolute atomic E-state index is 0.151. The fourth-order valence-electron chi connectivity index (χ4n) is 1.02. The zero-order chi connectivity index (χ0) is 11.5. The fraction of sp³-hybridized carbons (Fsp3) is 0.111. The van der Waals surface area contributed by atoms with Crippen molar-refractivity contribution in [2.24, 2.45) is 5.73 Å². The lowest BCUT2D eigenvalue weighted by Crippen LogP contribution is -2.03. The van der Waals surface area contributed by atoms with Crippen molar-refractivity contribution in [1.82, 2.24) is 0 Å². The van der Waals surface area contributed by atoms with Gasteiger partial charge in [-0.2, -0.15) is 8.42 Å². The third-order valence-corrected chi connectivity index (χ3v) is 1.96. The quantitative estimate of drug-likeness (QED) is 0.612. The predicted octanol–water partition coefficient (Wildman–Crippen LogP) is 0.720. The van der Waals surface area contributed by atoms with E-state index in [1.807, 2.05) is 0 Å². The number of rotatable bonds is 3. The molecule has 0 atom stereocenters. The van der Waals surface area contributed by atoms with Crippen LogP contribution < -0.4 is 9.92 Å². The molecule has 0 aromatic heterocycles. The minimum Gasteiger partial charge on any atom is -0.358 e. The molecule has 0 aliphatic rings. The van der Waals surface area contributed by atoms with E-state index < -0.39 is 10.5 Å². The Balaban J connectivity index is 3.14. The van der Waals surface area contributed by atoms with Crippen molar-refractivity contribution in [3.63, 3.8) is 0 Å². The lowest BCUT2D eigenvalue weighted by molar-refractivity contribution is 0.440. The van der Waals surface area contributed by atoms with Gasteiger partial charge in [0.05, 0.1) is 0 Å². The Morgan fingerprint density at radius 3 is 2.60 bits per heavy atom. The van der Waals surface area contributed by atoms with Crippen molar-refractivity contribution in [2.75, 3.05) is 0 Å². The summed E-state index contributed by atoms with van der Waals surface area (Å²) in [7, 11) is -5.04. The van der Waals surface area contributed by atoms with Crippen molar-refractivity contribution in [2.45, 2.75) is 6.54 Å². The summed E-state index contributed by atoms with van der Waals surface area (Å²) < 4.78 is 36.7. The highest BCUT2D eigenvalue weighted by Crippen LogP contribution is 2.18. The maximum atomic E-state index is 12.2. The lowest BCUT2D eigenvalue weighted by Gasteiger charge is -2.03. The third kappa shape index (κ3) is 3.58.